The number of rotatable bonds is 4. The fourth-order valence-corrected chi connectivity index (χ4v) is 1.68. The van der Waals surface area contributed by atoms with E-state index < -0.39 is 24.6 Å². The van der Waals surface area contributed by atoms with Crippen LogP contribution in [0, 0.1) is 3.57 Å². The van der Waals surface area contributed by atoms with Crippen molar-refractivity contribution < 1.29 is 32.5 Å². The van der Waals surface area contributed by atoms with Crippen LogP contribution in [0.15, 0.2) is 6.07 Å². The third-order valence-corrected chi connectivity index (χ3v) is 2.67. The van der Waals surface area contributed by atoms with E-state index in [0.717, 1.165) is 7.11 Å². The van der Waals surface area contributed by atoms with Gasteiger partial charge in [0.05, 0.1) is 19.2 Å². The van der Waals surface area contributed by atoms with E-state index in [2.05, 4.69) is 9.72 Å². The van der Waals surface area contributed by atoms with Crippen molar-refractivity contribution in [3.05, 3.63) is 15.3 Å². The van der Waals surface area contributed by atoms with Gasteiger partial charge in [0.25, 0.3) is 5.88 Å². The van der Waals surface area contributed by atoms with Gasteiger partial charge in [0.2, 0.25) is 0 Å². The molecule has 0 bridgehead atoms. The fraction of sp³-hybridized carbons (Fsp3) is 0.333. The second kappa shape index (κ2) is 5.59. The minimum Gasteiger partial charge on any atom is -0.491 e. The Balaban J connectivity index is 3.17. The molecule has 0 aliphatic heterocycles. The molecule has 1 heterocycles. The molecule has 0 unspecified atom stereocenters. The molecule has 18 heavy (non-hydrogen) atoms. The molecule has 5 nitrogen and oxygen atoms in total. The van der Waals surface area contributed by atoms with Crippen LogP contribution in [-0.4, -0.2) is 29.5 Å². The zero-order valence-electron chi connectivity index (χ0n) is 8.92. The average molecular weight is 377 g/mol. The Hall–Kier alpha value is -1.26. The van der Waals surface area contributed by atoms with Gasteiger partial charge < -0.3 is 14.6 Å². The van der Waals surface area contributed by atoms with Crippen LogP contribution in [0.25, 0.3) is 0 Å². The highest BCUT2D eigenvalue weighted by atomic mass is 127. The van der Waals surface area contributed by atoms with E-state index in [-0.39, 0.29) is 11.4 Å². The van der Waals surface area contributed by atoms with Crippen LogP contribution in [0.1, 0.15) is 5.69 Å². The molecule has 0 aliphatic rings. The molecule has 1 aromatic rings. The first-order valence-electron chi connectivity index (χ1n) is 4.44. The molecular formula is C9H7F3INO4. The molecule has 100 valence electrons. The van der Waals surface area contributed by atoms with Crippen LogP contribution in [-0.2, 0) is 11.2 Å². The minimum absolute atomic E-state index is 0.0249. The lowest BCUT2D eigenvalue weighted by Crippen LogP contribution is -2.19. The Morgan fingerprint density at radius 3 is 2.61 bits per heavy atom. The summed E-state index contributed by atoms with van der Waals surface area (Å²) in [7, 11) is 1.16. The van der Waals surface area contributed by atoms with Crippen LogP contribution in [0.5, 0.6) is 11.6 Å². The number of hydrogen-bond acceptors (Lipinski definition) is 4. The molecule has 1 rings (SSSR count). The van der Waals surface area contributed by atoms with Crippen molar-refractivity contribution in [2.24, 2.45) is 0 Å². The van der Waals surface area contributed by atoms with Crippen LogP contribution < -0.4 is 9.47 Å². The van der Waals surface area contributed by atoms with Crippen LogP contribution in [0.2, 0.25) is 0 Å². The lowest BCUT2D eigenvalue weighted by molar-refractivity contribution is -0.276. The summed E-state index contributed by atoms with van der Waals surface area (Å²) in [5.74, 6) is -2.23. The predicted octanol–water partition coefficient (Wildman–Crippen LogP) is 2.22. The Morgan fingerprint density at radius 2 is 2.17 bits per heavy atom. The van der Waals surface area contributed by atoms with E-state index >= 15 is 0 Å². The predicted molar refractivity (Wildman–Crippen MR) is 61.5 cm³/mol. The molecule has 9 heteroatoms. The highest BCUT2D eigenvalue weighted by Gasteiger charge is 2.33. The summed E-state index contributed by atoms with van der Waals surface area (Å²) >= 11 is 1.75. The lowest BCUT2D eigenvalue weighted by Gasteiger charge is -2.13. The number of hydrogen-bond donors (Lipinski definition) is 1. The van der Waals surface area contributed by atoms with Gasteiger partial charge in [-0.2, -0.15) is 0 Å². The van der Waals surface area contributed by atoms with Gasteiger partial charge in [0.15, 0.2) is 5.75 Å². The molecule has 1 N–H and O–H groups in total. The van der Waals surface area contributed by atoms with E-state index in [1.165, 1.54) is 6.07 Å². The van der Waals surface area contributed by atoms with Gasteiger partial charge in [0.1, 0.15) is 0 Å². The zero-order valence-corrected chi connectivity index (χ0v) is 11.1. The Kier molecular flexibility index (Phi) is 4.59. The van der Waals surface area contributed by atoms with Gasteiger partial charge in [-0.25, -0.2) is 4.98 Å². The van der Waals surface area contributed by atoms with Crippen molar-refractivity contribution in [3.8, 4) is 11.6 Å². The number of carboxylic acids is 1. The van der Waals surface area contributed by atoms with Crippen LogP contribution in [0.3, 0.4) is 0 Å². The number of halogens is 4. The fourth-order valence-electron chi connectivity index (χ4n) is 1.09. The molecule has 0 spiro atoms. The van der Waals surface area contributed by atoms with Gasteiger partial charge in [-0.1, -0.05) is 0 Å². The van der Waals surface area contributed by atoms with Gasteiger partial charge >= 0.3 is 12.3 Å². The first kappa shape index (κ1) is 14.8. The van der Waals surface area contributed by atoms with E-state index in [1.807, 2.05) is 0 Å². The third kappa shape index (κ3) is 4.20. The maximum Gasteiger partial charge on any atom is 0.574 e. The number of aliphatic carboxylic acids is 1. The summed E-state index contributed by atoms with van der Waals surface area (Å²) in [6.45, 7) is 0. The molecule has 0 saturated heterocycles. The number of aromatic nitrogens is 1. The largest absolute Gasteiger partial charge is 0.574 e. The monoisotopic (exact) mass is 377 g/mol. The number of alkyl halides is 3. The molecule has 0 aromatic carbocycles. The topological polar surface area (TPSA) is 68.7 Å². The molecule has 0 radical (unpaired) electrons. The Bertz CT molecular complexity index is 464. The number of pyridine rings is 1. The van der Waals surface area contributed by atoms with Gasteiger partial charge in [0, 0.05) is 9.64 Å². The van der Waals surface area contributed by atoms with Crippen molar-refractivity contribution in [2.75, 3.05) is 7.11 Å². The van der Waals surface area contributed by atoms with E-state index in [4.69, 9.17) is 9.84 Å². The summed E-state index contributed by atoms with van der Waals surface area (Å²) in [4.78, 5) is 14.0. The maximum absolute atomic E-state index is 12.1. The summed E-state index contributed by atoms with van der Waals surface area (Å²) in [6.07, 6.45) is -5.43. The summed E-state index contributed by atoms with van der Waals surface area (Å²) in [6, 6.07) is 1.23. The van der Waals surface area contributed by atoms with Crippen molar-refractivity contribution >= 4 is 28.6 Å². The standard InChI is InChI=1S/C9H7F3INO4/c1-17-6-2-4(13)5(3-7(15)16)14-8(6)18-9(10,11)12/h2H,3H2,1H3,(H,15,16). The minimum atomic E-state index is -4.92. The smallest absolute Gasteiger partial charge is 0.491 e. The van der Waals surface area contributed by atoms with Crippen molar-refractivity contribution in [1.82, 2.24) is 4.98 Å². The number of nitrogens with zero attached hydrogens (tertiary/aromatic N) is 1. The summed E-state index contributed by atoms with van der Waals surface area (Å²) < 4.78 is 45.1. The van der Waals surface area contributed by atoms with Gasteiger partial charge in [-0.15, -0.1) is 13.2 Å². The highest BCUT2D eigenvalue weighted by Crippen LogP contribution is 2.32. The Morgan fingerprint density at radius 1 is 1.56 bits per heavy atom. The molecule has 0 fully saturated rings. The highest BCUT2D eigenvalue weighted by molar-refractivity contribution is 14.1. The molecule has 0 saturated carbocycles. The third-order valence-electron chi connectivity index (χ3n) is 1.73. The summed E-state index contributed by atoms with van der Waals surface area (Å²) in [5, 5.41) is 8.60. The Labute approximate surface area is 113 Å². The van der Waals surface area contributed by atoms with Crippen molar-refractivity contribution in [3.63, 3.8) is 0 Å². The number of carboxylic acid groups (broad SMARTS) is 1. The van der Waals surface area contributed by atoms with Crippen molar-refractivity contribution in [2.45, 2.75) is 12.8 Å². The first-order chi connectivity index (χ1) is 8.23. The van der Waals surface area contributed by atoms with Gasteiger partial charge in [-0.05, 0) is 22.6 Å². The first-order valence-corrected chi connectivity index (χ1v) is 5.51. The van der Waals surface area contributed by atoms with E-state index in [9.17, 15) is 18.0 Å². The van der Waals surface area contributed by atoms with Crippen molar-refractivity contribution in [1.29, 1.82) is 0 Å². The molecule has 0 aliphatic carbocycles. The number of carbonyl (C=O) groups is 1. The van der Waals surface area contributed by atoms with E-state index in [0.29, 0.717) is 3.57 Å². The van der Waals surface area contributed by atoms with E-state index in [1.54, 1.807) is 22.6 Å². The summed E-state index contributed by atoms with van der Waals surface area (Å²) in [5.41, 5.74) is -0.0249. The molecule has 0 atom stereocenters. The number of ether oxygens (including phenoxy) is 2. The molecular weight excluding hydrogens is 370 g/mol. The molecule has 0 amide bonds. The second-order valence-corrected chi connectivity index (χ2v) is 4.20. The van der Waals surface area contributed by atoms with Crippen LogP contribution >= 0.6 is 22.6 Å². The average Bonchev–Trinajstić information content (AvgIpc) is 2.19. The lowest BCUT2D eigenvalue weighted by atomic mass is 10.2. The zero-order chi connectivity index (χ0) is 13.9. The SMILES string of the molecule is COc1cc(I)c(CC(=O)O)nc1OC(F)(F)F. The van der Waals surface area contributed by atoms with Crippen LogP contribution in [0.4, 0.5) is 13.2 Å². The second-order valence-electron chi connectivity index (χ2n) is 3.04. The molecule has 1 aromatic heterocycles. The van der Waals surface area contributed by atoms with Gasteiger partial charge in [-0.3, -0.25) is 4.79 Å². The quantitative estimate of drug-likeness (QED) is 0.816. The normalized spacial score (nSPS) is 11.2. The number of methoxy groups -OCH3 is 1. The maximum atomic E-state index is 12.1.